The molecule has 0 aromatic heterocycles. The Hall–Kier alpha value is -3.14. The molecule has 4 N–H and O–H groups in total. The molecule has 10 heteroatoms. The zero-order chi connectivity index (χ0) is 24.3. The van der Waals surface area contributed by atoms with Crippen LogP contribution in [0.4, 0.5) is 4.79 Å². The van der Waals surface area contributed by atoms with Crippen molar-refractivity contribution < 1.29 is 33.8 Å². The fourth-order valence-electron chi connectivity index (χ4n) is 2.76. The fraction of sp³-hybridized carbons (Fsp3) is 0.545. The maximum absolute atomic E-state index is 12.7. The Labute approximate surface area is 188 Å². The number of nitrogens with one attached hydrogen (secondary N) is 3. The Balaban J connectivity index is 2.74. The van der Waals surface area contributed by atoms with E-state index in [0.717, 1.165) is 5.56 Å². The predicted octanol–water partition coefficient (Wildman–Crippen LogP) is 0.728. The van der Waals surface area contributed by atoms with Crippen LogP contribution in [0.5, 0.6) is 0 Å². The van der Waals surface area contributed by atoms with E-state index < -0.39 is 48.6 Å². The molecule has 1 aromatic carbocycles. The first-order chi connectivity index (χ1) is 15.1. The number of hydrogen-bond acceptors (Lipinski definition) is 7. The van der Waals surface area contributed by atoms with Crippen molar-refractivity contribution in [3.8, 4) is 0 Å². The molecule has 178 valence electrons. The molecule has 0 aliphatic heterocycles. The van der Waals surface area contributed by atoms with E-state index in [4.69, 9.17) is 4.74 Å². The summed E-state index contributed by atoms with van der Waals surface area (Å²) in [5, 5.41) is 17.0. The van der Waals surface area contributed by atoms with Crippen LogP contribution in [0.2, 0.25) is 0 Å². The van der Waals surface area contributed by atoms with Crippen molar-refractivity contribution in [1.29, 1.82) is 0 Å². The van der Waals surface area contributed by atoms with E-state index >= 15 is 0 Å². The third kappa shape index (κ3) is 8.54. The third-order valence-corrected chi connectivity index (χ3v) is 4.67. The molecule has 0 aliphatic carbocycles. The van der Waals surface area contributed by atoms with E-state index in [2.05, 4.69) is 20.7 Å². The number of esters is 1. The number of hydrogen-bond donors (Lipinski definition) is 4. The lowest BCUT2D eigenvalue weighted by molar-refractivity contribution is -0.146. The fourth-order valence-corrected chi connectivity index (χ4v) is 2.76. The van der Waals surface area contributed by atoms with E-state index in [-0.39, 0.29) is 18.4 Å². The van der Waals surface area contributed by atoms with Gasteiger partial charge in [0.2, 0.25) is 11.8 Å². The summed E-state index contributed by atoms with van der Waals surface area (Å²) in [4.78, 5) is 49.2. The summed E-state index contributed by atoms with van der Waals surface area (Å²) >= 11 is 0. The van der Waals surface area contributed by atoms with Crippen LogP contribution in [0.1, 0.15) is 33.3 Å². The van der Waals surface area contributed by atoms with Gasteiger partial charge in [0, 0.05) is 0 Å². The second-order valence-electron chi connectivity index (χ2n) is 7.92. The predicted molar refractivity (Wildman–Crippen MR) is 116 cm³/mol. The van der Waals surface area contributed by atoms with Gasteiger partial charge >= 0.3 is 12.1 Å². The Morgan fingerprint density at radius 1 is 0.875 bits per heavy atom. The van der Waals surface area contributed by atoms with Gasteiger partial charge in [0.15, 0.2) is 0 Å². The van der Waals surface area contributed by atoms with Gasteiger partial charge in [-0.1, -0.05) is 58.0 Å². The average molecular weight is 452 g/mol. The molecule has 1 aromatic rings. The lowest BCUT2D eigenvalue weighted by Crippen LogP contribution is -2.58. The second-order valence-corrected chi connectivity index (χ2v) is 7.92. The van der Waals surface area contributed by atoms with Gasteiger partial charge in [-0.25, -0.2) is 9.59 Å². The molecule has 0 saturated heterocycles. The van der Waals surface area contributed by atoms with Gasteiger partial charge in [0.1, 0.15) is 24.7 Å². The quantitative estimate of drug-likeness (QED) is 0.363. The van der Waals surface area contributed by atoms with E-state index in [1.807, 2.05) is 18.2 Å². The zero-order valence-corrected chi connectivity index (χ0v) is 19.1. The van der Waals surface area contributed by atoms with Crippen LogP contribution in [-0.4, -0.2) is 60.8 Å². The number of carbonyl (C=O) groups excluding carboxylic acids is 4. The second kappa shape index (κ2) is 13.3. The lowest BCUT2D eigenvalue weighted by atomic mass is 10.0. The minimum atomic E-state index is -1.32. The van der Waals surface area contributed by atoms with E-state index in [1.54, 1.807) is 39.8 Å². The Kier molecular flexibility index (Phi) is 11.2. The molecular weight excluding hydrogens is 418 g/mol. The van der Waals surface area contributed by atoms with Gasteiger partial charge in [-0.05, 0) is 17.4 Å². The zero-order valence-electron chi connectivity index (χ0n) is 19.1. The molecule has 0 saturated carbocycles. The molecule has 0 radical (unpaired) electrons. The lowest BCUT2D eigenvalue weighted by Gasteiger charge is -2.26. The highest BCUT2D eigenvalue weighted by Gasteiger charge is 2.32. The number of ether oxygens (including phenoxy) is 2. The highest BCUT2D eigenvalue weighted by Crippen LogP contribution is 2.07. The van der Waals surface area contributed by atoms with Gasteiger partial charge in [0.25, 0.3) is 0 Å². The summed E-state index contributed by atoms with van der Waals surface area (Å²) < 4.78 is 9.82. The molecule has 10 nitrogen and oxygen atoms in total. The highest BCUT2D eigenvalue weighted by molar-refractivity contribution is 5.93. The van der Waals surface area contributed by atoms with E-state index in [1.165, 1.54) is 7.11 Å². The number of amides is 3. The summed E-state index contributed by atoms with van der Waals surface area (Å²) in [5.41, 5.74) is 0.788. The first-order valence-corrected chi connectivity index (χ1v) is 10.4. The monoisotopic (exact) mass is 451 g/mol. The minimum Gasteiger partial charge on any atom is -0.467 e. The molecular formula is C22H33N3O7. The third-order valence-electron chi connectivity index (χ3n) is 4.67. The Bertz CT molecular complexity index is 768. The summed E-state index contributed by atoms with van der Waals surface area (Å²) in [5.74, 6) is -2.67. The molecule has 0 spiro atoms. The number of aliphatic hydroxyl groups excluding tert-OH is 1. The largest absolute Gasteiger partial charge is 0.467 e. The molecule has 1 rings (SSSR count). The van der Waals surface area contributed by atoms with Crippen LogP contribution in [0.25, 0.3) is 0 Å². The van der Waals surface area contributed by atoms with Crippen molar-refractivity contribution in [2.75, 3.05) is 13.7 Å². The molecule has 3 atom stereocenters. The number of alkyl carbamates (subject to hydrolysis) is 1. The van der Waals surface area contributed by atoms with Gasteiger partial charge in [-0.3, -0.25) is 9.59 Å². The topological polar surface area (TPSA) is 143 Å². The maximum Gasteiger partial charge on any atom is 0.408 e. The van der Waals surface area contributed by atoms with Crippen molar-refractivity contribution in [1.82, 2.24) is 16.0 Å². The van der Waals surface area contributed by atoms with Crippen LogP contribution in [-0.2, 0) is 30.5 Å². The Morgan fingerprint density at radius 2 is 1.47 bits per heavy atom. The first-order valence-electron chi connectivity index (χ1n) is 10.4. The van der Waals surface area contributed by atoms with Crippen LogP contribution in [0.15, 0.2) is 30.3 Å². The highest BCUT2D eigenvalue weighted by atomic mass is 16.5. The summed E-state index contributed by atoms with van der Waals surface area (Å²) in [6.45, 7) is 6.18. The van der Waals surface area contributed by atoms with Gasteiger partial charge in [-0.2, -0.15) is 0 Å². The van der Waals surface area contributed by atoms with Crippen molar-refractivity contribution >= 4 is 23.9 Å². The molecule has 0 heterocycles. The summed E-state index contributed by atoms with van der Waals surface area (Å²) in [6.07, 6.45) is -0.793. The Morgan fingerprint density at radius 3 is 1.97 bits per heavy atom. The molecule has 0 bridgehead atoms. The smallest absolute Gasteiger partial charge is 0.408 e. The van der Waals surface area contributed by atoms with Crippen LogP contribution >= 0.6 is 0 Å². The first kappa shape index (κ1) is 26.9. The maximum atomic E-state index is 12.7. The SMILES string of the molecule is COC(=O)[C@@H](NC(=O)[C@H](CO)NC(=O)[C@@H](NC(=O)OCc1ccccc1)C(C)C)C(C)C. The van der Waals surface area contributed by atoms with Gasteiger partial charge in [0.05, 0.1) is 13.7 Å². The van der Waals surface area contributed by atoms with Crippen molar-refractivity contribution in [3.63, 3.8) is 0 Å². The number of carbonyl (C=O) groups is 4. The number of benzene rings is 1. The molecule has 0 aliphatic rings. The molecule has 3 amide bonds. The van der Waals surface area contributed by atoms with Gasteiger partial charge < -0.3 is 30.5 Å². The number of methoxy groups -OCH3 is 1. The molecule has 0 fully saturated rings. The van der Waals surface area contributed by atoms with E-state index in [0.29, 0.717) is 0 Å². The summed E-state index contributed by atoms with van der Waals surface area (Å²) in [7, 11) is 1.20. The van der Waals surface area contributed by atoms with Crippen LogP contribution in [0.3, 0.4) is 0 Å². The van der Waals surface area contributed by atoms with E-state index in [9.17, 15) is 24.3 Å². The molecule has 0 unspecified atom stereocenters. The van der Waals surface area contributed by atoms with Gasteiger partial charge in [-0.15, -0.1) is 0 Å². The van der Waals surface area contributed by atoms with Crippen molar-refractivity contribution in [3.05, 3.63) is 35.9 Å². The standard InChI is InChI=1S/C22H33N3O7/c1-13(2)17(25-22(30)32-12-15-9-7-6-8-10-15)20(28)23-16(11-26)19(27)24-18(14(3)4)21(29)31-5/h6-10,13-14,16-18,26H,11-12H2,1-5H3,(H,23,28)(H,24,27)(H,25,30)/t16-,17-,18-/m0/s1. The normalized spacial score (nSPS) is 13.6. The number of rotatable bonds is 11. The summed E-state index contributed by atoms with van der Waals surface area (Å²) in [6, 6.07) is 5.77. The molecule has 32 heavy (non-hydrogen) atoms. The minimum absolute atomic E-state index is 0.0326. The van der Waals surface area contributed by atoms with Crippen molar-refractivity contribution in [2.24, 2.45) is 11.8 Å². The van der Waals surface area contributed by atoms with Crippen molar-refractivity contribution in [2.45, 2.75) is 52.4 Å². The van der Waals surface area contributed by atoms with Crippen LogP contribution < -0.4 is 16.0 Å². The number of aliphatic hydroxyl groups is 1. The average Bonchev–Trinajstić information content (AvgIpc) is 2.77. The van der Waals surface area contributed by atoms with Crippen LogP contribution in [0, 0.1) is 11.8 Å².